The Morgan fingerprint density at radius 1 is 0.565 bits per heavy atom. The molecule has 0 radical (unpaired) electrons. The number of rotatable bonds is 0. The van der Waals surface area contributed by atoms with Crippen LogP contribution in [0.2, 0.25) is 0 Å². The van der Waals surface area contributed by atoms with Gasteiger partial charge in [-0.05, 0) is 87.9 Å². The van der Waals surface area contributed by atoms with Crippen molar-refractivity contribution in [3.05, 3.63) is 0 Å². The third kappa shape index (κ3) is 5.68. The summed E-state index contributed by atoms with van der Waals surface area (Å²) < 4.78 is 1.19. The Morgan fingerprint density at radius 3 is 0.913 bits per heavy atom. The maximum absolute atomic E-state index is 6.10. The molecule has 0 heterocycles. The van der Waals surface area contributed by atoms with Crippen LogP contribution < -0.4 is 11.5 Å². The smallest absolute Gasteiger partial charge is 0.0516 e. The fraction of sp³-hybridized carbons (Fsp3) is 1.00. The van der Waals surface area contributed by atoms with Crippen molar-refractivity contribution in [3.8, 4) is 0 Å². The van der Waals surface area contributed by atoms with E-state index in [1.807, 2.05) is 0 Å². The second-order valence-electron chi connectivity index (χ2n) is 9.45. The van der Waals surface area contributed by atoms with Crippen molar-refractivity contribution in [2.45, 2.75) is 102 Å². The lowest BCUT2D eigenvalue weighted by Gasteiger charge is -2.50. The normalized spacial score (nSPS) is 47.2. The van der Waals surface area contributed by atoms with Crippen LogP contribution in [-0.4, -0.2) is 13.5 Å². The summed E-state index contributed by atoms with van der Waals surface area (Å²) in [6.45, 7) is 4.96. The minimum Gasteiger partial charge on any atom is -0.325 e. The van der Waals surface area contributed by atoms with Gasteiger partial charge in [0.25, 0.3) is 0 Å². The molecular weight excluding hydrogens is 510 g/mol. The topological polar surface area (TPSA) is 52.0 Å². The standard InChI is InChI=1S/C10H18.C8H16N2.CH2I2/c1-9-3-6-10(2,7-4-9)8-5-9;9-7-1-2-8(10,5-3-7)6-4-7;2-1-3/h3-8H2,1-2H3;1-6,9-10H2;1H2. The molecule has 6 fully saturated rings. The molecule has 4 heteroatoms. The highest BCUT2D eigenvalue weighted by molar-refractivity contribution is 14.2. The molecule has 0 saturated heterocycles. The van der Waals surface area contributed by atoms with Crippen LogP contribution in [0.25, 0.3) is 0 Å². The molecule has 4 bridgehead atoms. The fourth-order valence-corrected chi connectivity index (χ4v) is 4.80. The highest BCUT2D eigenvalue weighted by Gasteiger charge is 2.44. The molecule has 0 spiro atoms. The van der Waals surface area contributed by atoms with Gasteiger partial charge >= 0.3 is 0 Å². The van der Waals surface area contributed by atoms with Crippen LogP contribution in [0.3, 0.4) is 0 Å². The van der Waals surface area contributed by atoms with Gasteiger partial charge in [0.15, 0.2) is 0 Å². The van der Waals surface area contributed by atoms with Gasteiger partial charge in [0.1, 0.15) is 0 Å². The summed E-state index contributed by atoms with van der Waals surface area (Å²) in [5.74, 6) is 0. The van der Waals surface area contributed by atoms with E-state index in [1.165, 1.54) is 41.0 Å². The SMILES string of the molecule is CC12CCC(C)(CC1)CC2.ICI.NC12CCC(N)(CC1)CC2. The Kier molecular flexibility index (Phi) is 7.15. The van der Waals surface area contributed by atoms with Crippen LogP contribution >= 0.6 is 45.2 Å². The highest BCUT2D eigenvalue weighted by atomic mass is 127. The first kappa shape index (κ1) is 20.7. The second-order valence-corrected chi connectivity index (χ2v) is 13.9. The molecule has 0 aromatic heterocycles. The van der Waals surface area contributed by atoms with Crippen LogP contribution in [0.1, 0.15) is 90.9 Å². The number of halogens is 2. The van der Waals surface area contributed by atoms with Crippen LogP contribution in [-0.2, 0) is 0 Å². The third-order valence-electron chi connectivity index (χ3n) is 7.36. The van der Waals surface area contributed by atoms with Crippen molar-refractivity contribution in [2.75, 3.05) is 2.43 Å². The average molecular weight is 546 g/mol. The number of fused-ring (bicyclic) bond motifs is 6. The Bertz CT molecular complexity index is 276. The van der Waals surface area contributed by atoms with Gasteiger partial charge in [0.2, 0.25) is 0 Å². The molecule has 6 rings (SSSR count). The lowest BCUT2D eigenvalue weighted by molar-refractivity contribution is 0.0164. The lowest BCUT2D eigenvalue weighted by atomic mass is 9.55. The minimum absolute atomic E-state index is 0.182. The molecule has 4 N–H and O–H groups in total. The van der Waals surface area contributed by atoms with Gasteiger partial charge in [0, 0.05) is 11.1 Å². The highest BCUT2D eigenvalue weighted by Crippen LogP contribution is 2.56. The molecule has 6 aliphatic carbocycles. The average Bonchev–Trinajstić information content (AvgIpc) is 2.53. The van der Waals surface area contributed by atoms with Gasteiger partial charge in [0.05, 0.1) is 2.43 Å². The Labute approximate surface area is 171 Å². The van der Waals surface area contributed by atoms with Crippen molar-refractivity contribution in [3.63, 3.8) is 0 Å². The number of hydrogen-bond donors (Lipinski definition) is 2. The zero-order chi connectivity index (χ0) is 17.2. The Balaban J connectivity index is 0.000000143. The first-order valence-electron chi connectivity index (χ1n) is 9.35. The summed E-state index contributed by atoms with van der Waals surface area (Å²) in [5.41, 5.74) is 14.1. The zero-order valence-corrected chi connectivity index (χ0v) is 19.4. The van der Waals surface area contributed by atoms with E-state index in [1.54, 1.807) is 0 Å². The molecule has 6 aliphatic rings. The van der Waals surface area contributed by atoms with E-state index in [-0.39, 0.29) is 11.1 Å². The Hall–Kier alpha value is 1.38. The van der Waals surface area contributed by atoms with Crippen molar-refractivity contribution >= 4 is 45.2 Å². The molecule has 0 amide bonds. The van der Waals surface area contributed by atoms with E-state index in [4.69, 9.17) is 11.5 Å². The predicted octanol–water partition coefficient (Wildman–Crippen LogP) is 5.93. The first-order chi connectivity index (χ1) is 10.7. The Morgan fingerprint density at radius 2 is 0.739 bits per heavy atom. The monoisotopic (exact) mass is 546 g/mol. The van der Waals surface area contributed by atoms with E-state index >= 15 is 0 Å². The molecule has 0 aromatic carbocycles. The predicted molar refractivity (Wildman–Crippen MR) is 118 cm³/mol. The number of hydrogen-bond acceptors (Lipinski definition) is 2. The van der Waals surface area contributed by atoms with Gasteiger partial charge in [-0.25, -0.2) is 0 Å². The summed E-state index contributed by atoms with van der Waals surface area (Å²) in [6.07, 6.45) is 16.0. The van der Waals surface area contributed by atoms with Crippen LogP contribution in [0.15, 0.2) is 0 Å². The van der Waals surface area contributed by atoms with Gasteiger partial charge in [-0.3, -0.25) is 0 Å². The summed E-state index contributed by atoms with van der Waals surface area (Å²) >= 11 is 4.55. The fourth-order valence-electron chi connectivity index (χ4n) is 4.80. The van der Waals surface area contributed by atoms with Gasteiger partial charge < -0.3 is 11.5 Å². The van der Waals surface area contributed by atoms with E-state index in [0.29, 0.717) is 0 Å². The van der Waals surface area contributed by atoms with E-state index in [0.717, 1.165) is 49.4 Å². The maximum Gasteiger partial charge on any atom is 0.0516 e. The van der Waals surface area contributed by atoms with Crippen molar-refractivity contribution in [2.24, 2.45) is 22.3 Å². The lowest BCUT2D eigenvalue weighted by Crippen LogP contribution is -2.58. The van der Waals surface area contributed by atoms with E-state index in [2.05, 4.69) is 59.0 Å². The van der Waals surface area contributed by atoms with E-state index in [9.17, 15) is 0 Å². The minimum atomic E-state index is 0.182. The van der Waals surface area contributed by atoms with Crippen LogP contribution in [0.4, 0.5) is 0 Å². The van der Waals surface area contributed by atoms with E-state index < -0.39 is 0 Å². The molecule has 23 heavy (non-hydrogen) atoms. The van der Waals surface area contributed by atoms with Gasteiger partial charge in [-0.2, -0.15) is 0 Å². The molecule has 136 valence electrons. The second kappa shape index (κ2) is 7.95. The van der Waals surface area contributed by atoms with Crippen LogP contribution in [0, 0.1) is 10.8 Å². The maximum atomic E-state index is 6.10. The van der Waals surface area contributed by atoms with Gasteiger partial charge in [-0.15, -0.1) is 0 Å². The van der Waals surface area contributed by atoms with Gasteiger partial charge in [-0.1, -0.05) is 59.0 Å². The summed E-state index contributed by atoms with van der Waals surface area (Å²) in [4.78, 5) is 0. The summed E-state index contributed by atoms with van der Waals surface area (Å²) in [7, 11) is 0. The molecule has 0 aliphatic heterocycles. The molecule has 0 unspecified atom stereocenters. The largest absolute Gasteiger partial charge is 0.325 e. The first-order valence-corrected chi connectivity index (χ1v) is 12.4. The molecule has 0 aromatic rings. The van der Waals surface area contributed by atoms with Crippen molar-refractivity contribution < 1.29 is 0 Å². The third-order valence-corrected chi connectivity index (χ3v) is 7.36. The molecule has 6 saturated carbocycles. The summed E-state index contributed by atoms with van der Waals surface area (Å²) in [5, 5.41) is 0. The molecule has 2 nitrogen and oxygen atoms in total. The molecule has 0 atom stereocenters. The summed E-state index contributed by atoms with van der Waals surface area (Å²) in [6, 6.07) is 0. The van der Waals surface area contributed by atoms with Crippen molar-refractivity contribution in [1.82, 2.24) is 0 Å². The molecular formula is C19H36I2N2. The quantitative estimate of drug-likeness (QED) is 0.293. The van der Waals surface area contributed by atoms with Crippen LogP contribution in [0.5, 0.6) is 0 Å². The zero-order valence-electron chi connectivity index (χ0n) is 15.1. The van der Waals surface area contributed by atoms with Crippen molar-refractivity contribution in [1.29, 1.82) is 0 Å². The number of alkyl halides is 2. The number of nitrogens with two attached hydrogens (primary N) is 2.